The van der Waals surface area contributed by atoms with E-state index in [0.717, 1.165) is 11.3 Å². The van der Waals surface area contributed by atoms with Crippen LogP contribution < -0.4 is 4.72 Å². The Labute approximate surface area is 71.0 Å². The van der Waals surface area contributed by atoms with Gasteiger partial charge < -0.3 is 0 Å². The summed E-state index contributed by atoms with van der Waals surface area (Å²) in [4.78, 5) is 0. The van der Waals surface area contributed by atoms with Crippen LogP contribution in [-0.2, 0) is 10.0 Å². The minimum absolute atomic E-state index is 0.156. The highest BCUT2D eigenvalue weighted by molar-refractivity contribution is 7.88. The molecule has 1 heterocycles. The topological polar surface area (TPSA) is 69.6 Å². The second kappa shape index (κ2) is 3.16. The molecule has 1 aliphatic rings. The SMILES string of the molecule is CS(=O)(=O)NC1=CC=CN(O)C1. The van der Waals surface area contributed by atoms with Crippen LogP contribution >= 0.6 is 0 Å². The number of hydrogen-bond donors (Lipinski definition) is 2. The molecule has 68 valence electrons. The van der Waals surface area contributed by atoms with Gasteiger partial charge in [0.15, 0.2) is 0 Å². The molecule has 0 saturated carbocycles. The molecule has 0 atom stereocenters. The summed E-state index contributed by atoms with van der Waals surface area (Å²) < 4.78 is 23.7. The van der Waals surface area contributed by atoms with E-state index < -0.39 is 10.0 Å². The first-order chi connectivity index (χ1) is 5.47. The largest absolute Gasteiger partial charge is 0.289 e. The average Bonchev–Trinajstić information content (AvgIpc) is 1.82. The van der Waals surface area contributed by atoms with Crippen molar-refractivity contribution >= 4 is 10.0 Å². The Balaban J connectivity index is 2.66. The monoisotopic (exact) mass is 190 g/mol. The van der Waals surface area contributed by atoms with E-state index >= 15 is 0 Å². The van der Waals surface area contributed by atoms with Crippen molar-refractivity contribution in [1.82, 2.24) is 9.79 Å². The van der Waals surface area contributed by atoms with Gasteiger partial charge in [0.25, 0.3) is 0 Å². The van der Waals surface area contributed by atoms with Crippen LogP contribution in [0.4, 0.5) is 0 Å². The first kappa shape index (κ1) is 9.08. The van der Waals surface area contributed by atoms with Gasteiger partial charge in [0.05, 0.1) is 12.8 Å². The van der Waals surface area contributed by atoms with E-state index in [9.17, 15) is 8.42 Å². The molecule has 5 nitrogen and oxygen atoms in total. The van der Waals surface area contributed by atoms with E-state index in [4.69, 9.17) is 5.21 Å². The van der Waals surface area contributed by atoms with Gasteiger partial charge in [-0.15, -0.1) is 0 Å². The fourth-order valence-electron chi connectivity index (χ4n) is 0.843. The summed E-state index contributed by atoms with van der Waals surface area (Å²) in [7, 11) is -3.24. The fourth-order valence-corrected chi connectivity index (χ4v) is 1.45. The lowest BCUT2D eigenvalue weighted by atomic mass is 10.3. The molecule has 0 aromatic heterocycles. The minimum atomic E-state index is -3.24. The Hall–Kier alpha value is -1.01. The normalized spacial score (nSPS) is 17.5. The zero-order valence-corrected chi connectivity index (χ0v) is 7.37. The highest BCUT2D eigenvalue weighted by Gasteiger charge is 2.08. The summed E-state index contributed by atoms with van der Waals surface area (Å²) >= 11 is 0. The average molecular weight is 190 g/mol. The molecule has 0 unspecified atom stereocenters. The van der Waals surface area contributed by atoms with E-state index in [1.165, 1.54) is 6.20 Å². The predicted octanol–water partition coefficient (Wildman–Crippen LogP) is -0.362. The molecule has 0 aliphatic carbocycles. The molecule has 1 rings (SSSR count). The molecule has 6 heteroatoms. The summed E-state index contributed by atoms with van der Waals surface area (Å²) in [5.41, 5.74) is 0.447. The fraction of sp³-hybridized carbons (Fsp3) is 0.333. The van der Waals surface area contributed by atoms with E-state index in [-0.39, 0.29) is 6.54 Å². The molecule has 1 aliphatic heterocycles. The molecule has 0 bridgehead atoms. The van der Waals surface area contributed by atoms with Crippen LogP contribution in [0.2, 0.25) is 0 Å². The second-order valence-corrected chi connectivity index (χ2v) is 4.25. The third-order valence-electron chi connectivity index (χ3n) is 1.20. The Morgan fingerprint density at radius 1 is 1.67 bits per heavy atom. The maximum atomic E-state index is 10.7. The van der Waals surface area contributed by atoms with Gasteiger partial charge >= 0.3 is 0 Å². The number of allylic oxidation sites excluding steroid dienone is 2. The number of nitrogens with zero attached hydrogens (tertiary/aromatic N) is 1. The number of sulfonamides is 1. The maximum Gasteiger partial charge on any atom is 0.229 e. The van der Waals surface area contributed by atoms with Crippen LogP contribution in [0.3, 0.4) is 0 Å². The van der Waals surface area contributed by atoms with Crippen molar-refractivity contribution in [2.24, 2.45) is 0 Å². The van der Waals surface area contributed by atoms with Gasteiger partial charge in [-0.05, 0) is 12.2 Å². The van der Waals surface area contributed by atoms with Crippen LogP contribution in [0.15, 0.2) is 24.0 Å². The quantitative estimate of drug-likeness (QED) is 0.623. The van der Waals surface area contributed by atoms with Crippen LogP contribution in [0.5, 0.6) is 0 Å². The lowest BCUT2D eigenvalue weighted by Crippen LogP contribution is -2.29. The van der Waals surface area contributed by atoms with Crippen molar-refractivity contribution in [2.45, 2.75) is 0 Å². The minimum Gasteiger partial charge on any atom is -0.289 e. The number of nitrogens with one attached hydrogen (secondary N) is 1. The van der Waals surface area contributed by atoms with Crippen LogP contribution in [0.25, 0.3) is 0 Å². The summed E-state index contributed by atoms with van der Waals surface area (Å²) in [5, 5.41) is 9.84. The summed E-state index contributed by atoms with van der Waals surface area (Å²) in [6.45, 7) is 0.156. The van der Waals surface area contributed by atoms with Crippen molar-refractivity contribution in [2.75, 3.05) is 12.8 Å². The molecular weight excluding hydrogens is 180 g/mol. The molecule has 0 radical (unpaired) electrons. The smallest absolute Gasteiger partial charge is 0.229 e. The number of hydrogen-bond acceptors (Lipinski definition) is 4. The van der Waals surface area contributed by atoms with Crippen molar-refractivity contribution < 1.29 is 13.6 Å². The van der Waals surface area contributed by atoms with E-state index in [2.05, 4.69) is 4.72 Å². The number of hydroxylamine groups is 2. The lowest BCUT2D eigenvalue weighted by molar-refractivity contribution is -0.0335. The third-order valence-corrected chi connectivity index (χ3v) is 1.84. The Kier molecular flexibility index (Phi) is 2.39. The Morgan fingerprint density at radius 2 is 2.33 bits per heavy atom. The molecule has 0 aromatic rings. The molecule has 0 saturated heterocycles. The van der Waals surface area contributed by atoms with Gasteiger partial charge in [0.1, 0.15) is 0 Å². The molecule has 0 amide bonds. The zero-order chi connectivity index (χ0) is 9.19. The standard InChI is InChI=1S/C6H10N2O3S/c1-12(10,11)7-6-3-2-4-8(9)5-6/h2-4,7,9H,5H2,1H3. The van der Waals surface area contributed by atoms with E-state index in [1.54, 1.807) is 12.2 Å². The predicted molar refractivity (Wildman–Crippen MR) is 43.7 cm³/mol. The first-order valence-corrected chi connectivity index (χ1v) is 5.17. The van der Waals surface area contributed by atoms with Crippen LogP contribution in [0.1, 0.15) is 0 Å². The molecule has 0 aromatic carbocycles. The molecule has 0 spiro atoms. The molecule has 2 N–H and O–H groups in total. The van der Waals surface area contributed by atoms with Gasteiger partial charge in [0.2, 0.25) is 10.0 Å². The number of rotatable bonds is 2. The maximum absolute atomic E-state index is 10.7. The van der Waals surface area contributed by atoms with Gasteiger partial charge in [-0.25, -0.2) is 8.42 Å². The summed E-state index contributed by atoms with van der Waals surface area (Å²) in [5.74, 6) is 0. The van der Waals surface area contributed by atoms with Crippen LogP contribution in [0, 0.1) is 0 Å². The van der Waals surface area contributed by atoms with Crippen molar-refractivity contribution in [1.29, 1.82) is 0 Å². The van der Waals surface area contributed by atoms with Gasteiger partial charge in [-0.2, -0.15) is 0 Å². The van der Waals surface area contributed by atoms with Gasteiger partial charge in [0, 0.05) is 11.9 Å². The van der Waals surface area contributed by atoms with Crippen molar-refractivity contribution in [3.05, 3.63) is 24.0 Å². The third kappa shape index (κ3) is 2.93. The Bertz CT molecular complexity index is 318. The van der Waals surface area contributed by atoms with Crippen molar-refractivity contribution in [3.8, 4) is 0 Å². The lowest BCUT2D eigenvalue weighted by Gasteiger charge is -2.17. The van der Waals surface area contributed by atoms with E-state index in [1.807, 2.05) is 0 Å². The second-order valence-electron chi connectivity index (χ2n) is 2.51. The molecule has 0 fully saturated rings. The van der Waals surface area contributed by atoms with Crippen LogP contribution in [-0.4, -0.2) is 31.5 Å². The Morgan fingerprint density at radius 3 is 2.83 bits per heavy atom. The van der Waals surface area contributed by atoms with Gasteiger partial charge in [-0.1, -0.05) is 0 Å². The zero-order valence-electron chi connectivity index (χ0n) is 6.56. The van der Waals surface area contributed by atoms with E-state index in [0.29, 0.717) is 5.70 Å². The molecule has 12 heavy (non-hydrogen) atoms. The highest BCUT2D eigenvalue weighted by atomic mass is 32.2. The van der Waals surface area contributed by atoms with Crippen molar-refractivity contribution in [3.63, 3.8) is 0 Å². The summed E-state index contributed by atoms with van der Waals surface area (Å²) in [6, 6.07) is 0. The summed E-state index contributed by atoms with van der Waals surface area (Å²) in [6.07, 6.45) is 5.64. The molecular formula is C6H10N2O3S. The highest BCUT2D eigenvalue weighted by Crippen LogP contribution is 2.02. The van der Waals surface area contributed by atoms with Gasteiger partial charge in [-0.3, -0.25) is 15.0 Å². The first-order valence-electron chi connectivity index (χ1n) is 3.28.